The Morgan fingerprint density at radius 1 is 1.25 bits per heavy atom. The van der Waals surface area contributed by atoms with E-state index < -0.39 is 0 Å². The van der Waals surface area contributed by atoms with Gasteiger partial charge in [0.2, 0.25) is 0 Å². The number of hydrogen-bond acceptors (Lipinski definition) is 4. The molecule has 2 atom stereocenters. The predicted molar refractivity (Wildman–Crippen MR) is 95.7 cm³/mol. The average Bonchev–Trinajstić information content (AvgIpc) is 3.07. The zero-order valence-corrected chi connectivity index (χ0v) is 14.7. The third-order valence-electron chi connectivity index (χ3n) is 3.77. The second-order valence-corrected chi connectivity index (χ2v) is 7.02. The molecule has 1 aromatic heterocycles. The lowest BCUT2D eigenvalue weighted by Gasteiger charge is -2.35. The average molecular weight is 346 g/mol. The fourth-order valence-electron chi connectivity index (χ4n) is 2.73. The van der Waals surface area contributed by atoms with Gasteiger partial charge in [0, 0.05) is 23.7 Å². The number of carbonyl (C=O) groups is 1. The van der Waals surface area contributed by atoms with E-state index in [4.69, 9.17) is 9.47 Å². The van der Waals surface area contributed by atoms with Gasteiger partial charge in [-0.15, -0.1) is 11.3 Å². The molecule has 2 amide bonds. The Kier molecular flexibility index (Phi) is 5.37. The van der Waals surface area contributed by atoms with E-state index >= 15 is 0 Å². The van der Waals surface area contributed by atoms with E-state index in [0.717, 1.165) is 11.4 Å². The Balaban J connectivity index is 1.52. The molecular weight excluding hydrogens is 324 g/mol. The number of rotatable bonds is 4. The first-order chi connectivity index (χ1) is 11.6. The van der Waals surface area contributed by atoms with E-state index in [1.807, 2.05) is 55.6 Å². The molecule has 2 unspecified atom stereocenters. The molecular formula is C18H22N2O3S. The summed E-state index contributed by atoms with van der Waals surface area (Å²) in [6.07, 6.45) is 0.125. The maximum atomic E-state index is 12.4. The maximum Gasteiger partial charge on any atom is 0.322 e. The molecule has 128 valence electrons. The van der Waals surface area contributed by atoms with Crippen molar-refractivity contribution in [3.05, 3.63) is 46.7 Å². The van der Waals surface area contributed by atoms with E-state index in [2.05, 4.69) is 5.32 Å². The summed E-state index contributed by atoms with van der Waals surface area (Å²) < 4.78 is 11.4. The first-order valence-corrected chi connectivity index (χ1v) is 8.95. The Labute approximate surface area is 146 Å². The zero-order chi connectivity index (χ0) is 16.9. The quantitative estimate of drug-likeness (QED) is 0.911. The van der Waals surface area contributed by atoms with Gasteiger partial charge >= 0.3 is 6.03 Å². The number of anilines is 1. The minimum atomic E-state index is -0.0933. The van der Waals surface area contributed by atoms with Crippen molar-refractivity contribution in [2.45, 2.75) is 32.7 Å². The number of morpholine rings is 1. The second-order valence-electron chi connectivity index (χ2n) is 5.98. The van der Waals surface area contributed by atoms with Crippen LogP contribution in [0.3, 0.4) is 0 Å². The molecule has 1 aliphatic rings. The Hall–Kier alpha value is -2.05. The fourth-order valence-corrected chi connectivity index (χ4v) is 3.35. The number of ether oxygens (including phenoxy) is 2. The summed E-state index contributed by atoms with van der Waals surface area (Å²) in [5.74, 6) is 0.787. The first kappa shape index (κ1) is 16.8. The number of benzene rings is 1. The van der Waals surface area contributed by atoms with Crippen LogP contribution in [0.5, 0.6) is 5.75 Å². The van der Waals surface area contributed by atoms with Crippen LogP contribution in [0, 0.1) is 0 Å². The molecule has 1 N–H and O–H groups in total. The molecule has 0 spiro atoms. The number of carbonyl (C=O) groups excluding carboxylic acids is 1. The van der Waals surface area contributed by atoms with Crippen LogP contribution in [0.4, 0.5) is 10.5 Å². The van der Waals surface area contributed by atoms with Gasteiger partial charge in [0.1, 0.15) is 12.4 Å². The molecule has 5 nitrogen and oxygen atoms in total. The smallest absolute Gasteiger partial charge is 0.322 e. The number of hydrogen-bond donors (Lipinski definition) is 1. The Morgan fingerprint density at radius 2 is 1.96 bits per heavy atom. The highest BCUT2D eigenvalue weighted by molar-refractivity contribution is 7.09. The van der Waals surface area contributed by atoms with Crippen LogP contribution in [0.15, 0.2) is 41.8 Å². The maximum absolute atomic E-state index is 12.4. The largest absolute Gasteiger partial charge is 0.488 e. The van der Waals surface area contributed by atoms with Crippen LogP contribution in [-0.2, 0) is 11.3 Å². The van der Waals surface area contributed by atoms with Gasteiger partial charge in [-0.2, -0.15) is 0 Å². The molecule has 0 radical (unpaired) electrons. The van der Waals surface area contributed by atoms with Crippen LogP contribution < -0.4 is 10.1 Å². The minimum absolute atomic E-state index is 0.0625. The molecule has 6 heteroatoms. The van der Waals surface area contributed by atoms with Gasteiger partial charge in [0.25, 0.3) is 0 Å². The number of urea groups is 1. The molecule has 1 fully saturated rings. The third-order valence-corrected chi connectivity index (χ3v) is 4.62. The van der Waals surface area contributed by atoms with Gasteiger partial charge in [-0.25, -0.2) is 4.79 Å². The molecule has 24 heavy (non-hydrogen) atoms. The molecule has 2 heterocycles. The molecule has 0 bridgehead atoms. The molecule has 3 rings (SSSR count). The van der Waals surface area contributed by atoms with Crippen LogP contribution >= 0.6 is 11.3 Å². The van der Waals surface area contributed by atoms with Crippen molar-refractivity contribution < 1.29 is 14.3 Å². The van der Waals surface area contributed by atoms with Crippen LogP contribution in [0.1, 0.15) is 18.7 Å². The van der Waals surface area contributed by atoms with Gasteiger partial charge in [-0.05, 0) is 49.6 Å². The topological polar surface area (TPSA) is 50.8 Å². The van der Waals surface area contributed by atoms with E-state index in [9.17, 15) is 4.79 Å². The second kappa shape index (κ2) is 7.68. The normalized spacial score (nSPS) is 20.7. The number of nitrogens with zero attached hydrogens (tertiary/aromatic N) is 1. The summed E-state index contributed by atoms with van der Waals surface area (Å²) in [4.78, 5) is 15.3. The Bertz CT molecular complexity index is 647. The summed E-state index contributed by atoms with van der Waals surface area (Å²) >= 11 is 1.67. The lowest BCUT2D eigenvalue weighted by atomic mass is 10.2. The zero-order valence-electron chi connectivity index (χ0n) is 13.9. The van der Waals surface area contributed by atoms with Crippen molar-refractivity contribution >= 4 is 23.1 Å². The predicted octanol–water partition coefficient (Wildman–Crippen LogP) is 3.97. The summed E-state index contributed by atoms with van der Waals surface area (Å²) in [7, 11) is 0. The summed E-state index contributed by atoms with van der Waals surface area (Å²) in [6.45, 7) is 5.74. The fraction of sp³-hybridized carbons (Fsp3) is 0.389. The van der Waals surface area contributed by atoms with Crippen LogP contribution in [-0.4, -0.2) is 36.2 Å². The van der Waals surface area contributed by atoms with E-state index in [-0.39, 0.29) is 18.2 Å². The monoisotopic (exact) mass is 346 g/mol. The number of thiophene rings is 1. The van der Waals surface area contributed by atoms with Crippen molar-refractivity contribution in [1.29, 1.82) is 0 Å². The highest BCUT2D eigenvalue weighted by Gasteiger charge is 2.25. The van der Waals surface area contributed by atoms with Crippen molar-refractivity contribution in [3.8, 4) is 5.75 Å². The molecule has 0 aliphatic carbocycles. The standard InChI is InChI=1S/C18H22N2O3S/c1-13-10-20(11-14(2)23-13)18(21)19-15-5-7-16(8-6-15)22-12-17-4-3-9-24-17/h3-9,13-14H,10-12H2,1-2H3,(H,19,21). The van der Waals surface area contributed by atoms with Crippen molar-refractivity contribution in [3.63, 3.8) is 0 Å². The van der Waals surface area contributed by atoms with Crippen molar-refractivity contribution in [2.75, 3.05) is 18.4 Å². The van der Waals surface area contributed by atoms with Gasteiger partial charge < -0.3 is 19.7 Å². The van der Waals surface area contributed by atoms with Crippen molar-refractivity contribution in [2.24, 2.45) is 0 Å². The Morgan fingerprint density at radius 3 is 2.58 bits per heavy atom. The highest BCUT2D eigenvalue weighted by atomic mass is 32.1. The van der Waals surface area contributed by atoms with E-state index in [0.29, 0.717) is 19.7 Å². The first-order valence-electron chi connectivity index (χ1n) is 8.07. The van der Waals surface area contributed by atoms with E-state index in [1.54, 1.807) is 16.2 Å². The van der Waals surface area contributed by atoms with Gasteiger partial charge in [-0.1, -0.05) is 6.07 Å². The summed E-state index contributed by atoms with van der Waals surface area (Å²) in [5.41, 5.74) is 0.760. The van der Waals surface area contributed by atoms with Gasteiger partial charge in [-0.3, -0.25) is 0 Å². The van der Waals surface area contributed by atoms with Gasteiger partial charge in [0.05, 0.1) is 12.2 Å². The SMILES string of the molecule is CC1CN(C(=O)Nc2ccc(OCc3cccs3)cc2)CC(C)O1. The lowest BCUT2D eigenvalue weighted by Crippen LogP contribution is -2.49. The molecule has 0 saturated carbocycles. The van der Waals surface area contributed by atoms with Gasteiger partial charge in [0.15, 0.2) is 0 Å². The molecule has 1 aliphatic heterocycles. The molecule has 2 aromatic rings. The van der Waals surface area contributed by atoms with Crippen LogP contribution in [0.25, 0.3) is 0 Å². The number of nitrogens with one attached hydrogen (secondary N) is 1. The molecule has 1 aromatic carbocycles. The third kappa shape index (κ3) is 4.49. The molecule has 1 saturated heterocycles. The lowest BCUT2D eigenvalue weighted by molar-refractivity contribution is -0.0530. The number of amides is 2. The highest BCUT2D eigenvalue weighted by Crippen LogP contribution is 2.19. The minimum Gasteiger partial charge on any atom is -0.488 e. The van der Waals surface area contributed by atoms with E-state index in [1.165, 1.54) is 4.88 Å². The summed E-state index contributed by atoms with van der Waals surface area (Å²) in [5, 5.41) is 4.96. The van der Waals surface area contributed by atoms with Crippen molar-refractivity contribution in [1.82, 2.24) is 4.90 Å². The summed E-state index contributed by atoms with van der Waals surface area (Å²) in [6, 6.07) is 11.4. The van der Waals surface area contributed by atoms with Crippen LogP contribution in [0.2, 0.25) is 0 Å².